The van der Waals surface area contributed by atoms with E-state index in [9.17, 15) is 4.79 Å². The van der Waals surface area contributed by atoms with E-state index in [1.165, 1.54) is 51.4 Å². The van der Waals surface area contributed by atoms with E-state index in [0.717, 1.165) is 19.4 Å². The molecule has 1 amide bonds. The Labute approximate surface area is 101 Å². The molecule has 94 valence electrons. The first-order valence-electron chi connectivity index (χ1n) is 6.72. The van der Waals surface area contributed by atoms with E-state index in [-0.39, 0.29) is 5.91 Å². The molecule has 0 rings (SSSR count). The topological polar surface area (TPSA) is 29.1 Å². The molecule has 16 heavy (non-hydrogen) atoms. The standard InChI is InChI=1S/C14H27NO/c1-3-4-5-6-7-8-9-10-11-12-13-15-14(2)16/h1H,3-13H2,2H3,(H,15,16). The summed E-state index contributed by atoms with van der Waals surface area (Å²) in [5.74, 6) is 0.0832. The fourth-order valence-corrected chi connectivity index (χ4v) is 1.77. The molecule has 0 saturated carbocycles. The first-order valence-corrected chi connectivity index (χ1v) is 6.72. The summed E-state index contributed by atoms with van der Waals surface area (Å²) in [6, 6.07) is 0. The van der Waals surface area contributed by atoms with Gasteiger partial charge in [-0.25, -0.2) is 0 Å². The Hall–Kier alpha value is -0.530. The van der Waals surface area contributed by atoms with Crippen molar-refractivity contribution >= 4 is 5.91 Å². The zero-order valence-corrected chi connectivity index (χ0v) is 10.8. The molecule has 0 aromatic carbocycles. The van der Waals surface area contributed by atoms with E-state index in [0.29, 0.717) is 0 Å². The molecule has 2 radical (unpaired) electrons. The maximum atomic E-state index is 10.6. The third-order valence-electron chi connectivity index (χ3n) is 2.75. The van der Waals surface area contributed by atoms with Crippen LogP contribution in [0.25, 0.3) is 0 Å². The molecule has 0 fully saturated rings. The van der Waals surface area contributed by atoms with Crippen molar-refractivity contribution < 1.29 is 4.79 Å². The van der Waals surface area contributed by atoms with Crippen LogP contribution < -0.4 is 5.32 Å². The van der Waals surface area contributed by atoms with Crippen molar-refractivity contribution in [3.8, 4) is 0 Å². The molecule has 1 N–H and O–H groups in total. The molecule has 0 atom stereocenters. The molecule has 0 saturated heterocycles. The van der Waals surface area contributed by atoms with Crippen molar-refractivity contribution in [2.24, 2.45) is 0 Å². The molecule has 0 aliphatic heterocycles. The Morgan fingerprint density at radius 3 is 1.75 bits per heavy atom. The zero-order chi connectivity index (χ0) is 12.1. The van der Waals surface area contributed by atoms with Gasteiger partial charge in [0.2, 0.25) is 5.91 Å². The van der Waals surface area contributed by atoms with Crippen molar-refractivity contribution in [3.63, 3.8) is 0 Å². The maximum Gasteiger partial charge on any atom is 0.216 e. The van der Waals surface area contributed by atoms with Crippen molar-refractivity contribution in [2.45, 2.75) is 71.1 Å². The minimum absolute atomic E-state index is 0.0832. The van der Waals surface area contributed by atoms with Gasteiger partial charge in [-0.15, -0.1) is 0 Å². The number of carbonyl (C=O) groups is 1. The van der Waals surface area contributed by atoms with E-state index in [1.54, 1.807) is 6.92 Å². The van der Waals surface area contributed by atoms with Crippen LogP contribution in [0.15, 0.2) is 0 Å². The number of amides is 1. The lowest BCUT2D eigenvalue weighted by molar-refractivity contribution is -0.118. The Bertz CT molecular complexity index is 157. The Balaban J connectivity index is 2.90. The molecular weight excluding hydrogens is 198 g/mol. The van der Waals surface area contributed by atoms with E-state index < -0.39 is 0 Å². The van der Waals surface area contributed by atoms with Crippen LogP contribution in [0.5, 0.6) is 0 Å². The van der Waals surface area contributed by atoms with Crippen molar-refractivity contribution in [1.29, 1.82) is 0 Å². The Kier molecular flexibility index (Phi) is 12.1. The monoisotopic (exact) mass is 225 g/mol. The van der Waals surface area contributed by atoms with Crippen LogP contribution in [0, 0.1) is 6.92 Å². The number of rotatable bonds is 11. The number of carbonyl (C=O) groups excluding carboxylic acids is 1. The summed E-state index contributed by atoms with van der Waals surface area (Å²) in [6.45, 7) is 7.84. The van der Waals surface area contributed by atoms with E-state index in [4.69, 9.17) is 6.92 Å². The highest BCUT2D eigenvalue weighted by Gasteiger charge is 1.93. The van der Waals surface area contributed by atoms with Crippen molar-refractivity contribution in [3.05, 3.63) is 6.92 Å². The van der Waals surface area contributed by atoms with Crippen LogP contribution >= 0.6 is 0 Å². The summed E-state index contributed by atoms with van der Waals surface area (Å²) in [6.07, 6.45) is 12.3. The van der Waals surface area contributed by atoms with Gasteiger partial charge in [-0.1, -0.05) is 51.4 Å². The summed E-state index contributed by atoms with van der Waals surface area (Å²) in [5, 5.41) is 2.82. The molecule has 2 nitrogen and oxygen atoms in total. The van der Waals surface area contributed by atoms with E-state index in [1.807, 2.05) is 0 Å². The molecule has 0 aliphatic carbocycles. The van der Waals surface area contributed by atoms with Crippen LogP contribution in [-0.4, -0.2) is 12.5 Å². The predicted octanol–water partition coefficient (Wildman–Crippen LogP) is 3.73. The highest BCUT2D eigenvalue weighted by Crippen LogP contribution is 2.09. The number of hydrogen-bond donors (Lipinski definition) is 1. The zero-order valence-electron chi connectivity index (χ0n) is 10.8. The van der Waals surface area contributed by atoms with Gasteiger partial charge < -0.3 is 5.32 Å². The molecule has 0 aromatic rings. The van der Waals surface area contributed by atoms with Gasteiger partial charge in [0, 0.05) is 13.5 Å². The first-order chi connectivity index (χ1) is 7.77. The van der Waals surface area contributed by atoms with Gasteiger partial charge in [-0.3, -0.25) is 4.79 Å². The smallest absolute Gasteiger partial charge is 0.216 e. The van der Waals surface area contributed by atoms with Crippen LogP contribution in [-0.2, 0) is 4.79 Å². The van der Waals surface area contributed by atoms with Gasteiger partial charge in [0.25, 0.3) is 0 Å². The molecule has 2 heteroatoms. The summed E-state index contributed by atoms with van der Waals surface area (Å²) in [5.41, 5.74) is 0. The van der Waals surface area contributed by atoms with Crippen LogP contribution in [0.4, 0.5) is 0 Å². The molecule has 0 aliphatic rings. The van der Waals surface area contributed by atoms with Crippen LogP contribution in [0.2, 0.25) is 0 Å². The minimum Gasteiger partial charge on any atom is -0.356 e. The van der Waals surface area contributed by atoms with Gasteiger partial charge in [-0.2, -0.15) is 0 Å². The normalized spacial score (nSPS) is 10.4. The molecule has 0 unspecified atom stereocenters. The fourth-order valence-electron chi connectivity index (χ4n) is 1.77. The van der Waals surface area contributed by atoms with E-state index >= 15 is 0 Å². The average Bonchev–Trinajstić information content (AvgIpc) is 2.25. The maximum absolute atomic E-state index is 10.6. The molecule has 0 aromatic heterocycles. The second-order valence-corrected chi connectivity index (χ2v) is 4.45. The highest BCUT2D eigenvalue weighted by atomic mass is 16.1. The van der Waals surface area contributed by atoms with Gasteiger partial charge in [-0.05, 0) is 19.8 Å². The largest absolute Gasteiger partial charge is 0.356 e. The van der Waals surface area contributed by atoms with Gasteiger partial charge in [0.15, 0.2) is 0 Å². The number of unbranched alkanes of at least 4 members (excludes halogenated alkanes) is 9. The SMILES string of the molecule is [CH]CCCCCCCCCCCNC(C)=O. The van der Waals surface area contributed by atoms with Crippen molar-refractivity contribution in [1.82, 2.24) is 5.32 Å². The molecule has 0 spiro atoms. The fraction of sp³-hybridized carbons (Fsp3) is 0.857. The van der Waals surface area contributed by atoms with Crippen LogP contribution in [0.3, 0.4) is 0 Å². The summed E-state index contributed by atoms with van der Waals surface area (Å²) in [7, 11) is 0. The summed E-state index contributed by atoms with van der Waals surface area (Å²) in [4.78, 5) is 10.6. The second-order valence-electron chi connectivity index (χ2n) is 4.45. The van der Waals surface area contributed by atoms with Crippen molar-refractivity contribution in [2.75, 3.05) is 6.54 Å². The predicted molar refractivity (Wildman–Crippen MR) is 69.2 cm³/mol. The summed E-state index contributed by atoms with van der Waals surface area (Å²) < 4.78 is 0. The molecule has 0 bridgehead atoms. The Morgan fingerprint density at radius 1 is 0.875 bits per heavy atom. The first kappa shape index (κ1) is 15.5. The highest BCUT2D eigenvalue weighted by molar-refractivity contribution is 5.72. The molecule has 0 heterocycles. The average molecular weight is 225 g/mol. The minimum atomic E-state index is 0.0832. The van der Waals surface area contributed by atoms with Gasteiger partial charge in [0.1, 0.15) is 0 Å². The lowest BCUT2D eigenvalue weighted by Gasteiger charge is -2.03. The quantitative estimate of drug-likeness (QED) is 0.533. The van der Waals surface area contributed by atoms with Crippen LogP contribution in [0.1, 0.15) is 71.1 Å². The lowest BCUT2D eigenvalue weighted by Crippen LogP contribution is -2.20. The third-order valence-corrected chi connectivity index (χ3v) is 2.75. The second kappa shape index (κ2) is 12.5. The van der Waals surface area contributed by atoms with E-state index in [2.05, 4.69) is 5.32 Å². The lowest BCUT2D eigenvalue weighted by atomic mass is 10.1. The van der Waals surface area contributed by atoms with Gasteiger partial charge in [0.05, 0.1) is 0 Å². The van der Waals surface area contributed by atoms with Gasteiger partial charge >= 0.3 is 0 Å². The molecular formula is C14H27NO. The number of nitrogens with one attached hydrogen (secondary N) is 1. The summed E-state index contributed by atoms with van der Waals surface area (Å²) >= 11 is 0. The number of hydrogen-bond acceptors (Lipinski definition) is 1. The third kappa shape index (κ3) is 13.5. The Morgan fingerprint density at radius 2 is 1.31 bits per heavy atom.